The van der Waals surface area contributed by atoms with E-state index < -0.39 is 16.4 Å². The van der Waals surface area contributed by atoms with Gasteiger partial charge in [0.05, 0.1) is 16.2 Å². The summed E-state index contributed by atoms with van der Waals surface area (Å²) >= 11 is 0. The fraction of sp³-hybridized carbons (Fsp3) is 0.438. The number of amides is 1. The van der Waals surface area contributed by atoms with Crippen molar-refractivity contribution in [3.05, 3.63) is 33.6 Å². The highest BCUT2D eigenvalue weighted by Crippen LogP contribution is 2.26. The van der Waals surface area contributed by atoms with Crippen LogP contribution in [0, 0.1) is 33.2 Å². The van der Waals surface area contributed by atoms with E-state index >= 15 is 0 Å². The second kappa shape index (κ2) is 7.03. The summed E-state index contributed by atoms with van der Waals surface area (Å²) in [4.78, 5) is 21.7. The highest BCUT2D eigenvalue weighted by atomic mass is 19.1. The van der Waals surface area contributed by atoms with Gasteiger partial charge in [-0.25, -0.2) is 0 Å². The van der Waals surface area contributed by atoms with Crippen molar-refractivity contribution in [2.75, 3.05) is 5.32 Å². The van der Waals surface area contributed by atoms with Crippen LogP contribution in [-0.2, 0) is 4.79 Å². The summed E-state index contributed by atoms with van der Waals surface area (Å²) in [6.45, 7) is 7.49. The Morgan fingerprint density at radius 2 is 2.05 bits per heavy atom. The Kier molecular flexibility index (Phi) is 5.63. The molecular formula is C16H19FN2O3. The van der Waals surface area contributed by atoms with Crippen LogP contribution in [0.1, 0.15) is 46.1 Å². The molecule has 1 amide bonds. The molecule has 0 aliphatic rings. The first-order valence-corrected chi connectivity index (χ1v) is 6.95. The van der Waals surface area contributed by atoms with Gasteiger partial charge in [-0.05, 0) is 27.2 Å². The molecule has 0 bridgehead atoms. The van der Waals surface area contributed by atoms with Gasteiger partial charge in [-0.15, -0.1) is 0 Å². The average molecular weight is 306 g/mol. The summed E-state index contributed by atoms with van der Waals surface area (Å²) in [6.07, 6.45) is 0.926. The molecular weight excluding hydrogens is 287 g/mol. The van der Waals surface area contributed by atoms with Gasteiger partial charge in [0.2, 0.25) is 11.7 Å². The van der Waals surface area contributed by atoms with E-state index in [0.717, 1.165) is 12.1 Å². The first-order chi connectivity index (χ1) is 10.1. The van der Waals surface area contributed by atoms with E-state index in [1.54, 1.807) is 0 Å². The standard InChI is InChI=1S/C16H19FN2O3/c1-5-6-15(20)18-13-10-12(17)14(19(21)22)9-11(13)7-8-16(2,3)4/h9-10H,5-6H2,1-4H3,(H,18,20). The van der Waals surface area contributed by atoms with Crippen LogP contribution in [0.25, 0.3) is 0 Å². The zero-order chi connectivity index (χ0) is 16.9. The average Bonchev–Trinajstić information content (AvgIpc) is 2.36. The molecule has 0 aliphatic heterocycles. The lowest BCUT2D eigenvalue weighted by molar-refractivity contribution is -0.387. The molecule has 1 N–H and O–H groups in total. The van der Waals surface area contributed by atoms with Crippen molar-refractivity contribution in [2.24, 2.45) is 5.41 Å². The minimum Gasteiger partial charge on any atom is -0.325 e. The molecule has 22 heavy (non-hydrogen) atoms. The fourth-order valence-electron chi connectivity index (χ4n) is 1.60. The molecule has 5 nitrogen and oxygen atoms in total. The Labute approximate surface area is 129 Å². The predicted molar refractivity (Wildman–Crippen MR) is 82.9 cm³/mol. The highest BCUT2D eigenvalue weighted by molar-refractivity contribution is 5.92. The topological polar surface area (TPSA) is 72.2 Å². The lowest BCUT2D eigenvalue weighted by Crippen LogP contribution is -2.12. The third kappa shape index (κ3) is 5.17. The Balaban J connectivity index is 3.33. The molecule has 1 rings (SSSR count). The van der Waals surface area contributed by atoms with Gasteiger partial charge in [0.25, 0.3) is 0 Å². The third-order valence-electron chi connectivity index (χ3n) is 2.61. The Hall–Kier alpha value is -2.42. The lowest BCUT2D eigenvalue weighted by Gasteiger charge is -2.10. The first kappa shape index (κ1) is 17.6. The number of nitro benzene ring substituents is 1. The van der Waals surface area contributed by atoms with Crippen LogP contribution in [0.4, 0.5) is 15.8 Å². The van der Waals surface area contributed by atoms with E-state index in [-0.39, 0.29) is 29.0 Å². The van der Waals surface area contributed by atoms with Gasteiger partial charge in [0.1, 0.15) is 0 Å². The van der Waals surface area contributed by atoms with E-state index in [4.69, 9.17) is 0 Å². The van der Waals surface area contributed by atoms with Crippen molar-refractivity contribution in [1.29, 1.82) is 0 Å². The molecule has 118 valence electrons. The largest absolute Gasteiger partial charge is 0.325 e. The number of rotatable bonds is 4. The molecule has 0 heterocycles. The summed E-state index contributed by atoms with van der Waals surface area (Å²) in [7, 11) is 0. The molecule has 0 saturated heterocycles. The summed E-state index contributed by atoms with van der Waals surface area (Å²) in [5.74, 6) is 4.43. The number of nitrogens with zero attached hydrogens (tertiary/aromatic N) is 1. The molecule has 0 aromatic heterocycles. The van der Waals surface area contributed by atoms with E-state index in [1.807, 2.05) is 27.7 Å². The second-order valence-electron chi connectivity index (χ2n) is 5.90. The number of nitrogens with one attached hydrogen (secondary N) is 1. The maximum atomic E-state index is 13.8. The van der Waals surface area contributed by atoms with Crippen molar-refractivity contribution in [2.45, 2.75) is 40.5 Å². The molecule has 0 unspecified atom stereocenters. The maximum Gasteiger partial charge on any atom is 0.306 e. The molecule has 0 aliphatic carbocycles. The van der Waals surface area contributed by atoms with Crippen LogP contribution in [0.3, 0.4) is 0 Å². The summed E-state index contributed by atoms with van der Waals surface area (Å²) in [5, 5.41) is 13.4. The fourth-order valence-corrected chi connectivity index (χ4v) is 1.60. The maximum absolute atomic E-state index is 13.8. The molecule has 1 aromatic carbocycles. The van der Waals surface area contributed by atoms with Crippen LogP contribution in [0.5, 0.6) is 0 Å². The first-order valence-electron chi connectivity index (χ1n) is 6.95. The Morgan fingerprint density at radius 1 is 1.41 bits per heavy atom. The van der Waals surface area contributed by atoms with Gasteiger partial charge in [0, 0.05) is 24.0 Å². The molecule has 6 heteroatoms. The predicted octanol–water partition coefficient (Wildman–Crippen LogP) is 3.87. The quantitative estimate of drug-likeness (QED) is 0.521. The zero-order valence-corrected chi connectivity index (χ0v) is 13.1. The Bertz CT molecular complexity index is 652. The number of anilines is 1. The number of hydrogen-bond donors (Lipinski definition) is 1. The number of carbonyl (C=O) groups is 1. The normalized spacial score (nSPS) is 10.6. The van der Waals surface area contributed by atoms with Gasteiger partial charge in [-0.1, -0.05) is 18.8 Å². The van der Waals surface area contributed by atoms with Crippen LogP contribution in [0.2, 0.25) is 0 Å². The van der Waals surface area contributed by atoms with Gasteiger partial charge in [-0.2, -0.15) is 4.39 Å². The van der Waals surface area contributed by atoms with Gasteiger partial charge in [0.15, 0.2) is 0 Å². The van der Waals surface area contributed by atoms with Crippen molar-refractivity contribution >= 4 is 17.3 Å². The van der Waals surface area contributed by atoms with Crippen LogP contribution < -0.4 is 5.32 Å². The number of benzene rings is 1. The van der Waals surface area contributed by atoms with Crippen molar-refractivity contribution < 1.29 is 14.1 Å². The van der Waals surface area contributed by atoms with Gasteiger partial charge < -0.3 is 5.32 Å². The summed E-state index contributed by atoms with van der Waals surface area (Å²) in [5.41, 5.74) is -0.606. The second-order valence-corrected chi connectivity index (χ2v) is 5.90. The monoisotopic (exact) mass is 306 g/mol. The smallest absolute Gasteiger partial charge is 0.306 e. The van der Waals surface area contributed by atoms with Crippen LogP contribution >= 0.6 is 0 Å². The number of nitro groups is 1. The Morgan fingerprint density at radius 3 is 2.55 bits per heavy atom. The minimum absolute atomic E-state index is 0.151. The highest BCUT2D eigenvalue weighted by Gasteiger charge is 2.19. The molecule has 1 aromatic rings. The molecule has 0 spiro atoms. The molecule has 0 fully saturated rings. The summed E-state index contributed by atoms with van der Waals surface area (Å²) in [6, 6.07) is 1.99. The molecule has 0 radical (unpaired) electrons. The number of halogens is 1. The van der Waals surface area contributed by atoms with Crippen LogP contribution in [-0.4, -0.2) is 10.8 Å². The van der Waals surface area contributed by atoms with E-state index in [0.29, 0.717) is 6.42 Å². The third-order valence-corrected chi connectivity index (χ3v) is 2.61. The zero-order valence-electron chi connectivity index (χ0n) is 13.1. The van der Waals surface area contributed by atoms with Crippen molar-refractivity contribution in [1.82, 2.24) is 0 Å². The van der Waals surface area contributed by atoms with E-state index in [1.165, 1.54) is 0 Å². The van der Waals surface area contributed by atoms with Crippen molar-refractivity contribution in [3.63, 3.8) is 0 Å². The number of hydrogen-bond acceptors (Lipinski definition) is 3. The van der Waals surface area contributed by atoms with E-state index in [2.05, 4.69) is 17.2 Å². The van der Waals surface area contributed by atoms with E-state index in [9.17, 15) is 19.3 Å². The van der Waals surface area contributed by atoms with Gasteiger partial charge in [-0.3, -0.25) is 14.9 Å². The number of carbonyl (C=O) groups excluding carboxylic acids is 1. The van der Waals surface area contributed by atoms with Crippen LogP contribution in [0.15, 0.2) is 12.1 Å². The molecule has 0 saturated carbocycles. The van der Waals surface area contributed by atoms with Crippen molar-refractivity contribution in [3.8, 4) is 11.8 Å². The lowest BCUT2D eigenvalue weighted by atomic mass is 9.97. The molecule has 0 atom stereocenters. The SMILES string of the molecule is CCCC(=O)Nc1cc(F)c([N+](=O)[O-])cc1C#CC(C)(C)C. The van der Waals surface area contributed by atoms with Gasteiger partial charge >= 0.3 is 5.69 Å². The minimum atomic E-state index is -1.00. The summed E-state index contributed by atoms with van der Waals surface area (Å²) < 4.78 is 13.8.